The molecule has 1 amide bonds. The van der Waals surface area contributed by atoms with Gasteiger partial charge in [0, 0.05) is 29.9 Å². The highest BCUT2D eigenvalue weighted by Crippen LogP contribution is 2.35. The number of pyridine rings is 2. The fourth-order valence-corrected chi connectivity index (χ4v) is 4.06. The Kier molecular flexibility index (Phi) is 5.17. The molecule has 28 heavy (non-hydrogen) atoms. The Labute approximate surface area is 175 Å². The van der Waals surface area contributed by atoms with Gasteiger partial charge in [0.2, 0.25) is 0 Å². The molecule has 0 aliphatic heterocycles. The molecule has 0 fully saturated rings. The minimum Gasteiger partial charge on any atom is -0.397 e. The van der Waals surface area contributed by atoms with E-state index in [1.54, 1.807) is 24.5 Å². The highest BCUT2D eigenvalue weighted by atomic mass is 35.5. The number of fused-ring (bicyclic) bond motifs is 1. The largest absolute Gasteiger partial charge is 0.397 e. The highest BCUT2D eigenvalue weighted by Gasteiger charge is 2.18. The average Bonchev–Trinajstić information content (AvgIpc) is 3.05. The summed E-state index contributed by atoms with van der Waals surface area (Å²) in [6.07, 6.45) is 3.39. The van der Waals surface area contributed by atoms with Crippen LogP contribution >= 0.6 is 34.5 Å². The lowest BCUT2D eigenvalue weighted by molar-refractivity contribution is 0.0956. The number of thiophene rings is 1. The molecule has 3 heterocycles. The summed E-state index contributed by atoms with van der Waals surface area (Å²) in [5.74, 6) is -0.236. The molecule has 3 N–H and O–H groups in total. The van der Waals surface area contributed by atoms with Crippen molar-refractivity contribution in [1.82, 2.24) is 15.3 Å². The molecule has 0 saturated heterocycles. The Hall–Kier alpha value is -2.67. The Bertz CT molecular complexity index is 1180. The molecule has 0 saturated carbocycles. The third-order valence-corrected chi connectivity index (χ3v) is 6.04. The van der Waals surface area contributed by atoms with Gasteiger partial charge in [-0.1, -0.05) is 35.3 Å². The van der Waals surface area contributed by atoms with Crippen molar-refractivity contribution in [3.05, 3.63) is 75.3 Å². The number of nitrogens with two attached hydrogens (primary N) is 1. The van der Waals surface area contributed by atoms with E-state index in [-0.39, 0.29) is 5.91 Å². The summed E-state index contributed by atoms with van der Waals surface area (Å²) < 4.78 is 0. The van der Waals surface area contributed by atoms with Gasteiger partial charge in [0.25, 0.3) is 5.91 Å². The Morgan fingerprint density at radius 1 is 1.14 bits per heavy atom. The topological polar surface area (TPSA) is 80.9 Å². The van der Waals surface area contributed by atoms with Crippen molar-refractivity contribution in [3.63, 3.8) is 0 Å². The summed E-state index contributed by atoms with van der Waals surface area (Å²) in [6.45, 7) is 0.377. The number of anilines is 1. The van der Waals surface area contributed by atoms with E-state index in [1.807, 2.05) is 30.3 Å². The third-order valence-electron chi connectivity index (χ3n) is 4.19. The number of amides is 1. The number of halogens is 2. The quantitative estimate of drug-likeness (QED) is 0.469. The molecule has 0 aliphatic rings. The van der Waals surface area contributed by atoms with Crippen LogP contribution in [0, 0.1) is 0 Å². The predicted molar refractivity (Wildman–Crippen MR) is 115 cm³/mol. The van der Waals surface area contributed by atoms with Crippen molar-refractivity contribution in [3.8, 4) is 11.3 Å². The number of nitrogen functional groups attached to an aromatic ring is 1. The summed E-state index contributed by atoms with van der Waals surface area (Å²) in [5, 5.41) is 4.56. The molecule has 5 nitrogen and oxygen atoms in total. The zero-order chi connectivity index (χ0) is 19.7. The maximum Gasteiger partial charge on any atom is 0.263 e. The monoisotopic (exact) mass is 428 g/mol. The first-order chi connectivity index (χ1) is 13.5. The molecular formula is C20H14Cl2N4OS. The van der Waals surface area contributed by atoms with Crippen LogP contribution in [0.15, 0.2) is 54.9 Å². The second kappa shape index (κ2) is 7.75. The molecular weight excluding hydrogens is 415 g/mol. The number of nitrogens with zero attached hydrogens (tertiary/aromatic N) is 2. The number of hydrogen-bond acceptors (Lipinski definition) is 5. The molecule has 0 bridgehead atoms. The van der Waals surface area contributed by atoms with Crippen molar-refractivity contribution in [1.29, 1.82) is 0 Å². The lowest BCUT2D eigenvalue weighted by atomic mass is 10.1. The minimum absolute atomic E-state index is 0.236. The second-order valence-electron chi connectivity index (χ2n) is 6.07. The maximum atomic E-state index is 12.6. The molecule has 0 aliphatic carbocycles. The number of nitrogens with one attached hydrogen (secondary N) is 1. The fourth-order valence-electron chi connectivity index (χ4n) is 2.75. The molecule has 0 atom stereocenters. The Morgan fingerprint density at radius 3 is 2.75 bits per heavy atom. The van der Waals surface area contributed by atoms with E-state index in [0.29, 0.717) is 32.0 Å². The van der Waals surface area contributed by atoms with Crippen molar-refractivity contribution < 1.29 is 4.79 Å². The summed E-state index contributed by atoms with van der Waals surface area (Å²) in [4.78, 5) is 22.4. The molecule has 0 unspecified atom stereocenters. The van der Waals surface area contributed by atoms with Crippen LogP contribution in [0.3, 0.4) is 0 Å². The molecule has 8 heteroatoms. The average molecular weight is 429 g/mol. The normalized spacial score (nSPS) is 10.9. The van der Waals surface area contributed by atoms with Gasteiger partial charge in [-0.25, -0.2) is 4.98 Å². The maximum absolute atomic E-state index is 12.6. The van der Waals surface area contributed by atoms with Gasteiger partial charge in [-0.2, -0.15) is 0 Å². The van der Waals surface area contributed by atoms with Crippen molar-refractivity contribution in [2.45, 2.75) is 6.54 Å². The fraction of sp³-hybridized carbons (Fsp3) is 0.0500. The van der Waals surface area contributed by atoms with Gasteiger partial charge >= 0.3 is 0 Å². The van der Waals surface area contributed by atoms with Gasteiger partial charge in [0.15, 0.2) is 0 Å². The molecule has 4 aromatic rings. The van der Waals surface area contributed by atoms with Gasteiger partial charge in [-0.05, 0) is 35.9 Å². The number of carbonyl (C=O) groups excluding carboxylic acids is 1. The van der Waals surface area contributed by atoms with E-state index in [9.17, 15) is 4.79 Å². The third kappa shape index (κ3) is 3.67. The number of benzene rings is 1. The Morgan fingerprint density at radius 2 is 2.00 bits per heavy atom. The molecule has 3 aromatic heterocycles. The van der Waals surface area contributed by atoms with E-state index in [0.717, 1.165) is 22.2 Å². The standard InChI is InChI=1S/C20H14Cl2N4OS/c21-14-5-3-12(8-15(14)22)16-6-4-13-17(23)18(28-20(13)26-16)19(27)25-10-11-2-1-7-24-9-11/h1-9H,10,23H2,(H,25,27). The second-order valence-corrected chi connectivity index (χ2v) is 7.88. The van der Waals surface area contributed by atoms with Gasteiger partial charge < -0.3 is 11.1 Å². The van der Waals surface area contributed by atoms with Crippen molar-refractivity contribution >= 4 is 56.3 Å². The summed E-state index contributed by atoms with van der Waals surface area (Å²) in [5.41, 5.74) is 9.11. The van der Waals surface area contributed by atoms with Crippen LogP contribution < -0.4 is 11.1 Å². The van der Waals surface area contributed by atoms with E-state index in [4.69, 9.17) is 28.9 Å². The molecule has 4 rings (SSSR count). The van der Waals surface area contributed by atoms with Gasteiger partial charge in [-0.3, -0.25) is 9.78 Å². The number of rotatable bonds is 4. The number of hydrogen-bond donors (Lipinski definition) is 2. The minimum atomic E-state index is -0.236. The van der Waals surface area contributed by atoms with Crippen LogP contribution in [-0.2, 0) is 6.54 Å². The van der Waals surface area contributed by atoms with Crippen molar-refractivity contribution in [2.75, 3.05) is 5.73 Å². The van der Waals surface area contributed by atoms with Gasteiger partial charge in [-0.15, -0.1) is 11.3 Å². The van der Waals surface area contributed by atoms with Crippen LogP contribution in [0.5, 0.6) is 0 Å². The van der Waals surface area contributed by atoms with Crippen LogP contribution in [0.1, 0.15) is 15.2 Å². The predicted octanol–water partition coefficient (Wildman–Crippen LogP) is 5.18. The summed E-state index contributed by atoms with van der Waals surface area (Å²) in [6, 6.07) is 12.8. The lowest BCUT2D eigenvalue weighted by Crippen LogP contribution is -2.22. The SMILES string of the molecule is Nc1c(C(=O)NCc2cccnc2)sc2nc(-c3ccc(Cl)c(Cl)c3)ccc12. The number of aromatic nitrogens is 2. The Balaban J connectivity index is 1.62. The first kappa shape index (κ1) is 18.7. The van der Waals surface area contributed by atoms with Gasteiger partial charge in [0.05, 0.1) is 21.4 Å². The lowest BCUT2D eigenvalue weighted by Gasteiger charge is -2.04. The first-order valence-corrected chi connectivity index (χ1v) is 9.91. The zero-order valence-electron chi connectivity index (χ0n) is 14.4. The van der Waals surface area contributed by atoms with Crippen LogP contribution in [0.4, 0.5) is 5.69 Å². The zero-order valence-corrected chi connectivity index (χ0v) is 16.8. The van der Waals surface area contributed by atoms with E-state index in [1.165, 1.54) is 11.3 Å². The van der Waals surface area contributed by atoms with Crippen LogP contribution in [-0.4, -0.2) is 15.9 Å². The smallest absolute Gasteiger partial charge is 0.263 e. The van der Waals surface area contributed by atoms with Crippen LogP contribution in [0.25, 0.3) is 21.5 Å². The summed E-state index contributed by atoms with van der Waals surface area (Å²) in [7, 11) is 0. The molecule has 140 valence electrons. The van der Waals surface area contributed by atoms with Crippen molar-refractivity contribution in [2.24, 2.45) is 0 Å². The van der Waals surface area contributed by atoms with Gasteiger partial charge in [0.1, 0.15) is 9.71 Å². The van der Waals surface area contributed by atoms with E-state index < -0.39 is 0 Å². The van der Waals surface area contributed by atoms with E-state index >= 15 is 0 Å². The van der Waals surface area contributed by atoms with E-state index in [2.05, 4.69) is 15.3 Å². The molecule has 1 aromatic carbocycles. The molecule has 0 spiro atoms. The molecule has 0 radical (unpaired) electrons. The first-order valence-electron chi connectivity index (χ1n) is 8.34. The number of carbonyl (C=O) groups is 1. The highest BCUT2D eigenvalue weighted by molar-refractivity contribution is 7.21. The summed E-state index contributed by atoms with van der Waals surface area (Å²) >= 11 is 13.3. The van der Waals surface area contributed by atoms with Crippen LogP contribution in [0.2, 0.25) is 10.0 Å².